The van der Waals surface area contributed by atoms with Crippen molar-refractivity contribution in [2.75, 3.05) is 6.54 Å². The quantitative estimate of drug-likeness (QED) is 0.506. The second kappa shape index (κ2) is 10.2. The second-order valence-electron chi connectivity index (χ2n) is 10.6. The lowest BCUT2D eigenvalue weighted by Gasteiger charge is -2.42. The fraction of sp³-hybridized carbons (Fsp3) is 0.900. The molecule has 0 saturated carbocycles. The first kappa shape index (κ1) is 27.1. The smallest absolute Gasteiger partial charge is 0.407 e. The van der Waals surface area contributed by atoms with Crippen molar-refractivity contribution in [3.8, 4) is 0 Å². The van der Waals surface area contributed by atoms with Gasteiger partial charge in [0, 0.05) is 0 Å². The van der Waals surface area contributed by atoms with E-state index < -0.39 is 31.8 Å². The van der Waals surface area contributed by atoms with Gasteiger partial charge in [-0.25, -0.2) is 4.79 Å². The number of nitrogens with one attached hydrogen (secondary N) is 1. The summed E-state index contributed by atoms with van der Waals surface area (Å²) in [5.74, 6) is -1.33. The van der Waals surface area contributed by atoms with Crippen molar-refractivity contribution >= 4 is 29.9 Å². The molecule has 0 spiro atoms. The van der Waals surface area contributed by atoms with Crippen LogP contribution in [-0.4, -0.2) is 48.1 Å². The van der Waals surface area contributed by atoms with Gasteiger partial charge >= 0.3 is 6.09 Å². The summed E-state index contributed by atoms with van der Waals surface area (Å²) in [7, 11) is -1.42. The maximum absolute atomic E-state index is 11.8. The number of aliphatic carboxylic acids is 1. The molecule has 28 heavy (non-hydrogen) atoms. The third-order valence-corrected chi connectivity index (χ3v) is 13.1. The van der Waals surface area contributed by atoms with Crippen molar-refractivity contribution in [2.45, 2.75) is 104 Å². The Morgan fingerprint density at radius 3 is 2.07 bits per heavy atom. The van der Waals surface area contributed by atoms with Gasteiger partial charge in [0.05, 0.1) is 20.6 Å². The molecule has 0 aliphatic heterocycles. The predicted octanol–water partition coefficient (Wildman–Crippen LogP) is 3.61. The Labute approximate surface area is 175 Å². The Bertz CT molecular complexity index is 527. The van der Waals surface area contributed by atoms with Crippen molar-refractivity contribution in [2.24, 2.45) is 5.41 Å². The molecule has 0 aromatic rings. The van der Waals surface area contributed by atoms with Gasteiger partial charge in [0.25, 0.3) is 0 Å². The molecule has 0 rings (SSSR count). The number of alkyl carbamates (subject to hydrolysis) is 1. The molecule has 1 unspecified atom stereocenters. The monoisotopic (exact) mass is 430 g/mol. The molecule has 0 heterocycles. The van der Waals surface area contributed by atoms with E-state index in [9.17, 15) is 14.7 Å². The van der Waals surface area contributed by atoms with Crippen molar-refractivity contribution in [3.63, 3.8) is 0 Å². The number of carboxylic acid groups (broad SMARTS) is 1. The van der Waals surface area contributed by atoms with Gasteiger partial charge in [0.2, 0.25) is 9.76 Å². The zero-order chi connectivity index (χ0) is 22.4. The molecule has 0 aromatic heterocycles. The minimum Gasteiger partial charge on any atom is -0.547 e. The highest BCUT2D eigenvalue weighted by Gasteiger charge is 2.39. The summed E-state index contributed by atoms with van der Waals surface area (Å²) in [6.45, 7) is 21.4. The lowest BCUT2D eigenvalue weighted by molar-refractivity contribution is -0.313. The highest BCUT2D eigenvalue weighted by molar-refractivity contribution is 6.80. The van der Waals surface area contributed by atoms with Crippen LogP contribution in [0.25, 0.3) is 0 Å². The summed E-state index contributed by atoms with van der Waals surface area (Å²) >= 11 is 0. The highest BCUT2D eigenvalue weighted by atomic mass is 28.3. The van der Waals surface area contributed by atoms with Gasteiger partial charge in [0.15, 0.2) is 0 Å². The van der Waals surface area contributed by atoms with E-state index in [1.165, 1.54) is 0 Å². The Balaban J connectivity index is 4.61. The molecule has 0 fully saturated rings. The number of rotatable bonds is 11. The number of ether oxygens (including phenoxy) is 1. The molecule has 1 atom stereocenters. The second-order valence-corrected chi connectivity index (χ2v) is 17.1. The van der Waals surface area contributed by atoms with Gasteiger partial charge in [-0.3, -0.25) is 0 Å². The van der Waals surface area contributed by atoms with Crippen molar-refractivity contribution in [1.29, 1.82) is 0 Å². The fourth-order valence-electron chi connectivity index (χ4n) is 2.57. The topological polar surface area (TPSA) is 87.7 Å². The first-order valence-electron chi connectivity index (χ1n) is 9.99. The molecule has 0 bridgehead atoms. The molecule has 6 nitrogen and oxygen atoms in total. The SMILES string of the molecule is CCC(C)(C)OC(=O)NCC(O[Si]CC(C)(C)C[Si](C)(C)C(C)(C)C)C(=O)[O-]. The largest absolute Gasteiger partial charge is 0.547 e. The minimum absolute atomic E-state index is 0.0285. The normalized spacial score (nSPS) is 14.5. The molecular weight excluding hydrogens is 390 g/mol. The van der Waals surface area contributed by atoms with Crippen molar-refractivity contribution < 1.29 is 23.9 Å². The van der Waals surface area contributed by atoms with E-state index in [-0.39, 0.29) is 21.7 Å². The van der Waals surface area contributed by atoms with Gasteiger partial charge < -0.3 is 24.4 Å². The number of amides is 1. The Morgan fingerprint density at radius 2 is 1.64 bits per heavy atom. The lowest BCUT2D eigenvalue weighted by Crippen LogP contribution is -2.47. The van der Waals surface area contributed by atoms with Crippen LogP contribution in [-0.2, 0) is 14.0 Å². The van der Waals surface area contributed by atoms with Crippen LogP contribution in [0.3, 0.4) is 0 Å². The molecule has 164 valence electrons. The van der Waals surface area contributed by atoms with Crippen LogP contribution in [0.4, 0.5) is 4.79 Å². The van der Waals surface area contributed by atoms with Crippen molar-refractivity contribution in [3.05, 3.63) is 0 Å². The van der Waals surface area contributed by atoms with E-state index in [0.717, 1.165) is 12.1 Å². The fourth-order valence-corrected chi connectivity index (χ4v) is 6.85. The number of carbonyl (C=O) groups is 2. The van der Waals surface area contributed by atoms with Crippen molar-refractivity contribution in [1.82, 2.24) is 5.32 Å². The van der Waals surface area contributed by atoms with Crippen LogP contribution < -0.4 is 10.4 Å². The van der Waals surface area contributed by atoms with E-state index in [2.05, 4.69) is 53.0 Å². The average molecular weight is 431 g/mol. The van der Waals surface area contributed by atoms with Gasteiger partial charge in [-0.2, -0.15) is 0 Å². The predicted molar refractivity (Wildman–Crippen MR) is 115 cm³/mol. The summed E-state index contributed by atoms with van der Waals surface area (Å²) < 4.78 is 10.8. The van der Waals surface area contributed by atoms with Crippen LogP contribution in [0, 0.1) is 5.41 Å². The zero-order valence-electron chi connectivity index (χ0n) is 19.4. The average Bonchev–Trinajstić information content (AvgIpc) is 2.47. The van der Waals surface area contributed by atoms with Crippen LogP contribution in [0.2, 0.25) is 30.2 Å². The number of carboxylic acids is 1. The summed E-state index contributed by atoms with van der Waals surface area (Å²) in [5.41, 5.74) is -0.535. The number of hydrogen-bond donors (Lipinski definition) is 1. The summed E-state index contributed by atoms with van der Waals surface area (Å²) in [5, 5.41) is 14.1. The Morgan fingerprint density at radius 1 is 1.11 bits per heavy atom. The van der Waals surface area contributed by atoms with E-state index in [1.807, 2.05) is 6.92 Å². The standard InChI is InChI=1S/C20H41NO5Si2/c1-11-20(7,8)25-17(24)21-12-15(16(22)23)26-27-13-19(5,6)14-28(9,10)18(2,3)4/h15H,11-14H2,1-10H3,(H,21,24)(H,22,23)/p-1. The molecule has 0 aromatic carbocycles. The van der Waals surface area contributed by atoms with Crippen LogP contribution in [0.1, 0.15) is 61.8 Å². The van der Waals surface area contributed by atoms with Gasteiger partial charge in [0.1, 0.15) is 11.7 Å². The van der Waals surface area contributed by atoms with E-state index >= 15 is 0 Å². The first-order valence-corrected chi connectivity index (χ1v) is 14.3. The zero-order valence-corrected chi connectivity index (χ0v) is 21.4. The Kier molecular flexibility index (Phi) is 9.93. The summed E-state index contributed by atoms with van der Waals surface area (Å²) in [6, 6.07) is 1.91. The lowest BCUT2D eigenvalue weighted by atomic mass is 10.00. The van der Waals surface area contributed by atoms with Gasteiger partial charge in [-0.05, 0) is 36.8 Å². The number of hydrogen-bond acceptors (Lipinski definition) is 5. The third kappa shape index (κ3) is 10.1. The summed E-state index contributed by atoms with van der Waals surface area (Å²) in [6.07, 6.45) is -1.17. The van der Waals surface area contributed by atoms with E-state index in [0.29, 0.717) is 11.5 Å². The van der Waals surface area contributed by atoms with E-state index in [1.54, 1.807) is 13.8 Å². The molecular formula is C20H40NO5Si2-. The van der Waals surface area contributed by atoms with Crippen LogP contribution in [0.5, 0.6) is 0 Å². The first-order chi connectivity index (χ1) is 12.4. The molecule has 1 N–H and O–H groups in total. The molecule has 1 amide bonds. The van der Waals surface area contributed by atoms with Gasteiger partial charge in [-0.1, -0.05) is 60.7 Å². The minimum atomic E-state index is -1.45. The Hall–Kier alpha value is -0.866. The van der Waals surface area contributed by atoms with E-state index in [4.69, 9.17) is 9.16 Å². The third-order valence-electron chi connectivity index (χ3n) is 5.64. The summed E-state index contributed by atoms with van der Waals surface area (Å²) in [4.78, 5) is 23.2. The maximum Gasteiger partial charge on any atom is 0.407 e. The van der Waals surface area contributed by atoms with Gasteiger partial charge in [-0.15, -0.1) is 0 Å². The van der Waals surface area contributed by atoms with Crippen LogP contribution in [0.15, 0.2) is 0 Å². The highest BCUT2D eigenvalue weighted by Crippen LogP contribution is 2.44. The number of carbonyl (C=O) groups excluding carboxylic acids is 2. The molecule has 2 radical (unpaired) electrons. The molecule has 8 heteroatoms. The molecule has 0 aliphatic carbocycles. The molecule has 0 aliphatic rings. The molecule has 0 saturated heterocycles. The van der Waals surface area contributed by atoms with Crippen LogP contribution >= 0.6 is 0 Å². The maximum atomic E-state index is 11.8.